The van der Waals surface area contributed by atoms with E-state index in [9.17, 15) is 10.1 Å². The molecule has 0 aliphatic rings. The Balaban J connectivity index is 1.85. The standard InChI is InChI=1S/C23H17N3O3/c1-14(2)28-21-15(12-24)6-5-9-20(21)22-25-23(29-26-22)19-11-10-16(13-27)17-7-3-4-8-18(17)19/h3-11,13-14H,1-2H3. The number of aldehydes is 1. The van der Waals surface area contributed by atoms with Crippen LogP contribution in [0, 0.1) is 11.3 Å². The van der Waals surface area contributed by atoms with Crippen LogP contribution in [0.1, 0.15) is 29.8 Å². The van der Waals surface area contributed by atoms with Gasteiger partial charge in [-0.25, -0.2) is 0 Å². The van der Waals surface area contributed by atoms with Crippen LogP contribution in [0.15, 0.2) is 59.1 Å². The van der Waals surface area contributed by atoms with E-state index in [4.69, 9.17) is 9.26 Å². The van der Waals surface area contributed by atoms with Crippen LogP contribution in [-0.4, -0.2) is 22.5 Å². The van der Waals surface area contributed by atoms with Crippen LogP contribution in [0.25, 0.3) is 33.6 Å². The molecule has 0 radical (unpaired) electrons. The Hall–Kier alpha value is -3.98. The smallest absolute Gasteiger partial charge is 0.258 e. The predicted molar refractivity (Wildman–Crippen MR) is 109 cm³/mol. The second-order valence-electron chi connectivity index (χ2n) is 6.75. The van der Waals surface area contributed by atoms with E-state index in [0.29, 0.717) is 34.2 Å². The lowest BCUT2D eigenvalue weighted by molar-refractivity contribution is 0.112. The maximum atomic E-state index is 11.4. The average molecular weight is 383 g/mol. The molecule has 6 nitrogen and oxygen atoms in total. The second kappa shape index (κ2) is 7.56. The summed E-state index contributed by atoms with van der Waals surface area (Å²) in [5.74, 6) is 1.08. The van der Waals surface area contributed by atoms with Crippen LogP contribution in [0.4, 0.5) is 0 Å². The Kier molecular flexibility index (Phi) is 4.80. The zero-order valence-corrected chi connectivity index (χ0v) is 15.9. The van der Waals surface area contributed by atoms with Crippen molar-refractivity contribution in [3.8, 4) is 34.7 Å². The van der Waals surface area contributed by atoms with Gasteiger partial charge in [0.1, 0.15) is 11.8 Å². The number of ether oxygens (including phenoxy) is 1. The number of carbonyl (C=O) groups is 1. The van der Waals surface area contributed by atoms with Crippen molar-refractivity contribution >= 4 is 17.1 Å². The molecule has 0 fully saturated rings. The van der Waals surface area contributed by atoms with E-state index in [2.05, 4.69) is 16.2 Å². The lowest BCUT2D eigenvalue weighted by atomic mass is 10.00. The molecule has 0 atom stereocenters. The molecule has 142 valence electrons. The van der Waals surface area contributed by atoms with E-state index >= 15 is 0 Å². The van der Waals surface area contributed by atoms with Crippen LogP contribution >= 0.6 is 0 Å². The van der Waals surface area contributed by atoms with Crippen molar-refractivity contribution in [1.82, 2.24) is 10.1 Å². The van der Waals surface area contributed by atoms with Gasteiger partial charge < -0.3 is 9.26 Å². The van der Waals surface area contributed by atoms with E-state index in [1.807, 2.05) is 38.1 Å². The summed E-state index contributed by atoms with van der Waals surface area (Å²) in [4.78, 5) is 15.9. The zero-order valence-electron chi connectivity index (χ0n) is 15.9. The van der Waals surface area contributed by atoms with E-state index < -0.39 is 0 Å². The molecular formula is C23H17N3O3. The molecule has 0 N–H and O–H groups in total. The fraction of sp³-hybridized carbons (Fsp3) is 0.130. The lowest BCUT2D eigenvalue weighted by Crippen LogP contribution is -2.08. The SMILES string of the molecule is CC(C)Oc1c(C#N)cccc1-c1noc(-c2ccc(C=O)c3ccccc23)n1. The van der Waals surface area contributed by atoms with Gasteiger partial charge in [0, 0.05) is 11.1 Å². The number of aromatic nitrogens is 2. The highest BCUT2D eigenvalue weighted by atomic mass is 16.5. The van der Waals surface area contributed by atoms with Crippen LogP contribution in [0.5, 0.6) is 5.75 Å². The number of rotatable bonds is 5. The van der Waals surface area contributed by atoms with Crippen molar-refractivity contribution in [1.29, 1.82) is 5.26 Å². The number of benzene rings is 3. The van der Waals surface area contributed by atoms with Crippen LogP contribution < -0.4 is 4.74 Å². The fourth-order valence-electron chi connectivity index (χ4n) is 3.22. The highest BCUT2D eigenvalue weighted by Gasteiger charge is 2.19. The summed E-state index contributed by atoms with van der Waals surface area (Å²) in [6, 6.07) is 18.5. The first-order chi connectivity index (χ1) is 14.1. The third kappa shape index (κ3) is 3.34. The largest absolute Gasteiger partial charge is 0.489 e. The topological polar surface area (TPSA) is 89.0 Å². The molecule has 4 rings (SSSR count). The van der Waals surface area contributed by atoms with E-state index in [1.54, 1.807) is 30.3 Å². The number of hydrogen-bond donors (Lipinski definition) is 0. The minimum absolute atomic E-state index is 0.116. The highest BCUT2D eigenvalue weighted by molar-refractivity contribution is 6.04. The van der Waals surface area contributed by atoms with Crippen molar-refractivity contribution in [3.63, 3.8) is 0 Å². The van der Waals surface area contributed by atoms with Crippen LogP contribution in [0.3, 0.4) is 0 Å². The maximum Gasteiger partial charge on any atom is 0.258 e. The van der Waals surface area contributed by atoms with Gasteiger partial charge in [0.05, 0.1) is 17.2 Å². The molecule has 1 heterocycles. The molecule has 0 bridgehead atoms. The Morgan fingerprint density at radius 2 is 1.83 bits per heavy atom. The van der Waals surface area contributed by atoms with Gasteiger partial charge in [-0.15, -0.1) is 0 Å². The first-order valence-corrected chi connectivity index (χ1v) is 9.13. The number of hydrogen-bond acceptors (Lipinski definition) is 6. The molecule has 1 aromatic heterocycles. The highest BCUT2D eigenvalue weighted by Crippen LogP contribution is 2.35. The van der Waals surface area contributed by atoms with Gasteiger partial charge in [-0.3, -0.25) is 4.79 Å². The first kappa shape index (κ1) is 18.4. The van der Waals surface area contributed by atoms with E-state index in [1.165, 1.54) is 0 Å². The number of nitriles is 1. The maximum absolute atomic E-state index is 11.4. The fourth-order valence-corrected chi connectivity index (χ4v) is 3.22. The summed E-state index contributed by atoms with van der Waals surface area (Å²) in [7, 11) is 0. The number of nitrogens with zero attached hydrogens (tertiary/aromatic N) is 3. The molecule has 29 heavy (non-hydrogen) atoms. The normalized spacial score (nSPS) is 10.8. The molecule has 3 aromatic carbocycles. The minimum Gasteiger partial charge on any atom is -0.489 e. The van der Waals surface area contributed by atoms with E-state index in [0.717, 1.165) is 22.6 Å². The summed E-state index contributed by atoms with van der Waals surface area (Å²) in [5.41, 5.74) is 2.32. The van der Waals surface area contributed by atoms with Gasteiger partial charge in [0.2, 0.25) is 5.82 Å². The summed E-state index contributed by atoms with van der Waals surface area (Å²) in [6.07, 6.45) is 0.711. The van der Waals surface area contributed by atoms with Crippen LogP contribution in [-0.2, 0) is 0 Å². The minimum atomic E-state index is -0.116. The molecule has 0 aliphatic heterocycles. The monoisotopic (exact) mass is 383 g/mol. The van der Waals surface area contributed by atoms with Gasteiger partial charge in [-0.1, -0.05) is 41.6 Å². The molecule has 6 heteroatoms. The Morgan fingerprint density at radius 3 is 2.55 bits per heavy atom. The lowest BCUT2D eigenvalue weighted by Gasteiger charge is -2.13. The molecular weight excluding hydrogens is 366 g/mol. The third-order valence-electron chi connectivity index (χ3n) is 4.47. The molecule has 0 saturated heterocycles. The summed E-state index contributed by atoms with van der Waals surface area (Å²) < 4.78 is 11.4. The van der Waals surface area contributed by atoms with Gasteiger partial charge in [-0.05, 0) is 42.8 Å². The summed E-state index contributed by atoms with van der Waals surface area (Å²) >= 11 is 0. The predicted octanol–water partition coefficient (Wildman–Crippen LogP) is 5.03. The third-order valence-corrected chi connectivity index (χ3v) is 4.47. The number of carbonyl (C=O) groups excluding carboxylic acids is 1. The summed E-state index contributed by atoms with van der Waals surface area (Å²) in [6.45, 7) is 3.78. The molecule has 4 aromatic rings. The average Bonchev–Trinajstić information content (AvgIpc) is 3.22. The Bertz CT molecular complexity index is 1250. The van der Waals surface area contributed by atoms with Gasteiger partial charge in [-0.2, -0.15) is 10.2 Å². The van der Waals surface area contributed by atoms with Gasteiger partial charge in [0.25, 0.3) is 5.89 Å². The molecule has 0 spiro atoms. The quantitative estimate of drug-likeness (QED) is 0.449. The second-order valence-corrected chi connectivity index (χ2v) is 6.75. The Morgan fingerprint density at radius 1 is 1.03 bits per heavy atom. The molecule has 0 amide bonds. The molecule has 0 saturated carbocycles. The number of para-hydroxylation sites is 1. The van der Waals surface area contributed by atoms with Crippen molar-refractivity contribution in [3.05, 3.63) is 65.7 Å². The number of fused-ring (bicyclic) bond motifs is 1. The molecule has 0 unspecified atom stereocenters. The van der Waals surface area contributed by atoms with Crippen molar-refractivity contribution < 1.29 is 14.1 Å². The zero-order chi connectivity index (χ0) is 20.4. The Labute approximate surface area is 167 Å². The van der Waals surface area contributed by atoms with Crippen LogP contribution in [0.2, 0.25) is 0 Å². The van der Waals surface area contributed by atoms with Crippen molar-refractivity contribution in [2.75, 3.05) is 0 Å². The van der Waals surface area contributed by atoms with Crippen molar-refractivity contribution in [2.24, 2.45) is 0 Å². The van der Waals surface area contributed by atoms with Crippen molar-refractivity contribution in [2.45, 2.75) is 20.0 Å². The van der Waals surface area contributed by atoms with Gasteiger partial charge in [0.15, 0.2) is 6.29 Å². The first-order valence-electron chi connectivity index (χ1n) is 9.13. The molecule has 0 aliphatic carbocycles. The van der Waals surface area contributed by atoms with E-state index in [-0.39, 0.29) is 6.10 Å². The summed E-state index contributed by atoms with van der Waals surface area (Å²) in [5, 5.41) is 15.2. The van der Waals surface area contributed by atoms with Gasteiger partial charge >= 0.3 is 0 Å².